The van der Waals surface area contributed by atoms with Crippen LogP contribution in [0.5, 0.6) is 0 Å². The van der Waals surface area contributed by atoms with Crippen LogP contribution in [0, 0.1) is 0 Å². The summed E-state index contributed by atoms with van der Waals surface area (Å²) in [7, 11) is 0. The molecule has 0 fully saturated rings. The first kappa shape index (κ1) is 15.8. The van der Waals surface area contributed by atoms with E-state index in [-0.39, 0.29) is 5.91 Å². The molecule has 1 rings (SSSR count). The van der Waals surface area contributed by atoms with E-state index in [2.05, 4.69) is 42.4 Å². The molecule has 0 aliphatic heterocycles. The van der Waals surface area contributed by atoms with Crippen molar-refractivity contribution in [3.05, 3.63) is 53.4 Å². The van der Waals surface area contributed by atoms with Gasteiger partial charge in [-0.05, 0) is 51.8 Å². The summed E-state index contributed by atoms with van der Waals surface area (Å²) in [5, 5.41) is 3.89. The number of pyridine rings is 1. The fraction of sp³-hybridized carbons (Fsp3) is 0.312. The maximum atomic E-state index is 11.7. The highest BCUT2D eigenvalue weighted by Crippen LogP contribution is 2.05. The quantitative estimate of drug-likeness (QED) is 0.489. The summed E-state index contributed by atoms with van der Waals surface area (Å²) in [4.78, 5) is 15.5. The number of aromatic nitrogens is 1. The molecule has 106 valence electrons. The van der Waals surface area contributed by atoms with E-state index in [1.807, 2.05) is 6.08 Å². The Hall–Kier alpha value is -2.23. The molecular weight excluding hydrogens is 250 g/mol. The van der Waals surface area contributed by atoms with E-state index in [4.69, 9.17) is 0 Å². The largest absolute Gasteiger partial charge is 0.271 e. The van der Waals surface area contributed by atoms with Crippen molar-refractivity contribution in [1.29, 1.82) is 0 Å². The summed E-state index contributed by atoms with van der Waals surface area (Å²) >= 11 is 0. The minimum absolute atomic E-state index is 0.237. The van der Waals surface area contributed by atoms with Crippen LogP contribution in [0.3, 0.4) is 0 Å². The van der Waals surface area contributed by atoms with Gasteiger partial charge >= 0.3 is 0 Å². The number of carbonyl (C=O) groups excluding carboxylic acids is 1. The second-order valence-corrected chi connectivity index (χ2v) is 4.79. The Morgan fingerprint density at radius 3 is 2.65 bits per heavy atom. The number of allylic oxidation sites excluding steroid dienone is 4. The van der Waals surface area contributed by atoms with Gasteiger partial charge in [-0.3, -0.25) is 9.78 Å². The smallest absolute Gasteiger partial charge is 0.267 e. The van der Waals surface area contributed by atoms with Gasteiger partial charge < -0.3 is 0 Å². The van der Waals surface area contributed by atoms with Gasteiger partial charge in [-0.2, -0.15) is 5.10 Å². The molecule has 0 unspecified atom stereocenters. The Bertz CT molecular complexity index is 512. The molecule has 1 amide bonds. The second-order valence-electron chi connectivity index (χ2n) is 4.79. The molecule has 4 nitrogen and oxygen atoms in total. The van der Waals surface area contributed by atoms with Crippen LogP contribution in [0.1, 0.15) is 44.0 Å². The lowest BCUT2D eigenvalue weighted by Gasteiger charge is -1.98. The summed E-state index contributed by atoms with van der Waals surface area (Å²) in [6.07, 6.45) is 10.9. The number of nitrogens with zero attached hydrogens (tertiary/aromatic N) is 2. The molecule has 0 spiro atoms. The van der Waals surface area contributed by atoms with E-state index < -0.39 is 0 Å². The van der Waals surface area contributed by atoms with Gasteiger partial charge in [0, 0.05) is 24.2 Å². The van der Waals surface area contributed by atoms with E-state index in [9.17, 15) is 4.79 Å². The van der Waals surface area contributed by atoms with E-state index in [0.29, 0.717) is 5.56 Å². The summed E-state index contributed by atoms with van der Waals surface area (Å²) in [5.74, 6) is -0.237. The molecule has 20 heavy (non-hydrogen) atoms. The van der Waals surface area contributed by atoms with Crippen LogP contribution in [0.2, 0.25) is 0 Å². The first-order chi connectivity index (χ1) is 9.59. The highest BCUT2D eigenvalue weighted by molar-refractivity contribution is 5.94. The van der Waals surface area contributed by atoms with E-state index >= 15 is 0 Å². The van der Waals surface area contributed by atoms with Gasteiger partial charge in [0.15, 0.2) is 0 Å². The van der Waals surface area contributed by atoms with E-state index in [1.165, 1.54) is 11.1 Å². The van der Waals surface area contributed by atoms with Crippen molar-refractivity contribution in [2.75, 3.05) is 0 Å². The first-order valence-electron chi connectivity index (χ1n) is 6.62. The van der Waals surface area contributed by atoms with Crippen molar-refractivity contribution >= 4 is 12.1 Å². The van der Waals surface area contributed by atoms with Crippen LogP contribution in [0.4, 0.5) is 0 Å². The molecule has 1 aromatic rings. The molecule has 1 aromatic heterocycles. The van der Waals surface area contributed by atoms with Gasteiger partial charge in [0.1, 0.15) is 0 Å². The molecule has 0 bridgehead atoms. The van der Waals surface area contributed by atoms with Crippen molar-refractivity contribution < 1.29 is 4.79 Å². The van der Waals surface area contributed by atoms with Crippen molar-refractivity contribution in [3.8, 4) is 0 Å². The summed E-state index contributed by atoms with van der Waals surface area (Å²) in [5.41, 5.74) is 5.57. The fourth-order valence-corrected chi connectivity index (χ4v) is 1.50. The zero-order valence-corrected chi connectivity index (χ0v) is 12.3. The van der Waals surface area contributed by atoms with E-state index in [1.54, 1.807) is 30.7 Å². The number of hydrogen-bond acceptors (Lipinski definition) is 3. The van der Waals surface area contributed by atoms with Crippen molar-refractivity contribution in [3.63, 3.8) is 0 Å². The lowest BCUT2D eigenvalue weighted by Crippen LogP contribution is -2.17. The number of hydrazone groups is 1. The van der Waals surface area contributed by atoms with Gasteiger partial charge in [-0.1, -0.05) is 17.2 Å². The topological polar surface area (TPSA) is 54.4 Å². The lowest BCUT2D eigenvalue weighted by atomic mass is 10.1. The Balaban J connectivity index is 2.37. The first-order valence-corrected chi connectivity index (χ1v) is 6.62. The highest BCUT2D eigenvalue weighted by atomic mass is 16.2. The molecule has 0 aliphatic carbocycles. The predicted octanol–water partition coefficient (Wildman–Crippen LogP) is 3.49. The predicted molar refractivity (Wildman–Crippen MR) is 82.6 cm³/mol. The van der Waals surface area contributed by atoms with Crippen LogP contribution in [0.15, 0.2) is 52.9 Å². The zero-order chi connectivity index (χ0) is 14.8. The van der Waals surface area contributed by atoms with Gasteiger partial charge in [-0.15, -0.1) is 0 Å². The number of hydrogen-bond donors (Lipinski definition) is 1. The third-order valence-corrected chi connectivity index (χ3v) is 2.63. The van der Waals surface area contributed by atoms with Gasteiger partial charge in [0.25, 0.3) is 5.91 Å². The molecule has 0 aromatic carbocycles. The van der Waals surface area contributed by atoms with Gasteiger partial charge in [0.2, 0.25) is 0 Å². The molecular formula is C16H21N3O. The number of carbonyl (C=O) groups is 1. The Kier molecular flexibility index (Phi) is 6.96. The van der Waals surface area contributed by atoms with Crippen molar-refractivity contribution in [1.82, 2.24) is 10.4 Å². The van der Waals surface area contributed by atoms with Crippen molar-refractivity contribution in [2.24, 2.45) is 5.10 Å². The standard InChI is InChI=1S/C16H21N3O/c1-13(2)5-4-6-14(3)7-12-18-19-16(20)15-8-10-17-11-9-15/h5,7-12H,4,6H2,1-3H3,(H,19,20)/b14-7+,18-12?. The molecule has 1 N–H and O–H groups in total. The molecule has 4 heteroatoms. The number of amides is 1. The Morgan fingerprint density at radius 1 is 1.30 bits per heavy atom. The highest BCUT2D eigenvalue weighted by Gasteiger charge is 2.01. The fourth-order valence-electron chi connectivity index (χ4n) is 1.50. The van der Waals surface area contributed by atoms with Gasteiger partial charge in [-0.25, -0.2) is 5.43 Å². The van der Waals surface area contributed by atoms with Crippen LogP contribution in [-0.4, -0.2) is 17.1 Å². The minimum Gasteiger partial charge on any atom is -0.267 e. The van der Waals surface area contributed by atoms with Crippen LogP contribution in [0.25, 0.3) is 0 Å². The molecule has 0 atom stereocenters. The zero-order valence-electron chi connectivity index (χ0n) is 12.3. The average Bonchev–Trinajstić information content (AvgIpc) is 2.44. The molecule has 1 heterocycles. The monoisotopic (exact) mass is 271 g/mol. The minimum atomic E-state index is -0.237. The third-order valence-electron chi connectivity index (χ3n) is 2.63. The van der Waals surface area contributed by atoms with Gasteiger partial charge in [0.05, 0.1) is 0 Å². The number of rotatable bonds is 6. The van der Waals surface area contributed by atoms with Crippen LogP contribution >= 0.6 is 0 Å². The second kappa shape index (κ2) is 8.80. The third kappa shape index (κ3) is 6.64. The summed E-state index contributed by atoms with van der Waals surface area (Å²) in [6, 6.07) is 3.29. The number of nitrogens with one attached hydrogen (secondary N) is 1. The Labute approximate surface area is 120 Å². The lowest BCUT2D eigenvalue weighted by molar-refractivity contribution is 0.0955. The molecule has 0 radical (unpaired) electrons. The van der Waals surface area contributed by atoms with E-state index in [0.717, 1.165) is 12.8 Å². The van der Waals surface area contributed by atoms with Crippen molar-refractivity contribution in [2.45, 2.75) is 33.6 Å². The SMILES string of the molecule is CC(C)=CCC/C(C)=C/C=NNC(=O)c1ccncc1. The summed E-state index contributed by atoms with van der Waals surface area (Å²) in [6.45, 7) is 6.24. The molecule has 0 saturated carbocycles. The Morgan fingerprint density at radius 2 is 2.00 bits per heavy atom. The molecule has 0 aliphatic rings. The van der Waals surface area contributed by atoms with Crippen LogP contribution < -0.4 is 5.43 Å². The molecule has 0 saturated heterocycles. The summed E-state index contributed by atoms with van der Waals surface area (Å²) < 4.78 is 0. The normalized spacial score (nSPS) is 11.4. The average molecular weight is 271 g/mol. The maximum absolute atomic E-state index is 11.7. The maximum Gasteiger partial charge on any atom is 0.271 e. The van der Waals surface area contributed by atoms with Crippen LogP contribution in [-0.2, 0) is 0 Å².